The first kappa shape index (κ1) is 25.3. The van der Waals surface area contributed by atoms with Crippen molar-refractivity contribution in [1.29, 1.82) is 0 Å². The lowest BCUT2D eigenvalue weighted by atomic mass is 9.90. The third-order valence-corrected chi connectivity index (χ3v) is 6.93. The average molecular weight is 504 g/mol. The first-order chi connectivity index (χ1) is 18.5. The topological polar surface area (TPSA) is 61.4 Å². The van der Waals surface area contributed by atoms with E-state index in [0.717, 1.165) is 36.3 Å². The summed E-state index contributed by atoms with van der Waals surface area (Å²) >= 11 is 0. The van der Waals surface area contributed by atoms with Gasteiger partial charge in [-0.25, -0.2) is 0 Å². The van der Waals surface area contributed by atoms with Crippen LogP contribution >= 0.6 is 0 Å². The van der Waals surface area contributed by atoms with E-state index in [2.05, 4.69) is 39.8 Å². The molecule has 4 aromatic rings. The quantitative estimate of drug-likeness (QED) is 0.318. The van der Waals surface area contributed by atoms with Crippen LogP contribution in [-0.4, -0.2) is 24.4 Å². The maximum absolute atomic E-state index is 13.7. The Bertz CT molecular complexity index is 1380. The number of nitrogens with one attached hydrogen (secondary N) is 2. The summed E-state index contributed by atoms with van der Waals surface area (Å²) in [5.41, 5.74) is 6.50. The molecule has 0 fully saturated rings. The number of nitrogens with zero attached hydrogens (tertiary/aromatic N) is 1. The Hall–Kier alpha value is -4.38. The van der Waals surface area contributed by atoms with Crippen molar-refractivity contribution in [2.24, 2.45) is 0 Å². The molecule has 1 aliphatic heterocycles. The van der Waals surface area contributed by atoms with Crippen LogP contribution in [0.25, 0.3) is 0 Å². The number of carbonyl (C=O) groups excluding carboxylic acids is 2. The second-order valence-electron chi connectivity index (χ2n) is 10.0. The van der Waals surface area contributed by atoms with Crippen molar-refractivity contribution >= 4 is 23.2 Å². The summed E-state index contributed by atoms with van der Waals surface area (Å²) in [6.07, 6.45) is 0.926. The van der Waals surface area contributed by atoms with Crippen molar-refractivity contribution in [3.8, 4) is 0 Å². The molecule has 5 heteroatoms. The van der Waals surface area contributed by atoms with Gasteiger partial charge in [-0.05, 0) is 60.7 Å². The Morgan fingerprint density at radius 2 is 1.37 bits per heavy atom. The first-order valence-electron chi connectivity index (χ1n) is 13.2. The fraction of sp³-hybridized carbons (Fsp3) is 0.212. The fourth-order valence-corrected chi connectivity index (χ4v) is 5.11. The van der Waals surface area contributed by atoms with Crippen LogP contribution in [0.5, 0.6) is 0 Å². The van der Waals surface area contributed by atoms with E-state index >= 15 is 0 Å². The van der Waals surface area contributed by atoms with Crippen LogP contribution in [0.1, 0.15) is 52.4 Å². The maximum atomic E-state index is 13.7. The highest BCUT2D eigenvalue weighted by Crippen LogP contribution is 2.31. The Morgan fingerprint density at radius 1 is 0.763 bits per heavy atom. The molecule has 1 heterocycles. The predicted molar refractivity (Wildman–Crippen MR) is 154 cm³/mol. The summed E-state index contributed by atoms with van der Waals surface area (Å²) < 4.78 is 0. The van der Waals surface area contributed by atoms with Crippen LogP contribution in [-0.2, 0) is 17.8 Å². The number of hydrogen-bond donors (Lipinski definition) is 2. The van der Waals surface area contributed by atoms with Gasteiger partial charge in [0.15, 0.2) is 0 Å². The lowest BCUT2D eigenvalue weighted by molar-refractivity contribution is -0.116. The highest BCUT2D eigenvalue weighted by molar-refractivity contribution is 6.03. The van der Waals surface area contributed by atoms with Crippen LogP contribution in [0.15, 0.2) is 103 Å². The van der Waals surface area contributed by atoms with Gasteiger partial charge in [-0.2, -0.15) is 0 Å². The summed E-state index contributed by atoms with van der Waals surface area (Å²) in [6.45, 7) is 5.47. The lowest BCUT2D eigenvalue weighted by Crippen LogP contribution is -2.35. The molecule has 0 radical (unpaired) electrons. The molecule has 4 aromatic carbocycles. The summed E-state index contributed by atoms with van der Waals surface area (Å²) in [4.78, 5) is 29.3. The average Bonchev–Trinajstić information content (AvgIpc) is 2.94. The molecule has 38 heavy (non-hydrogen) atoms. The summed E-state index contributed by atoms with van der Waals surface area (Å²) in [5, 5.41) is 6.13. The smallest absolute Gasteiger partial charge is 0.253 e. The summed E-state index contributed by atoms with van der Waals surface area (Å²) in [7, 11) is 0. The van der Waals surface area contributed by atoms with E-state index in [0.29, 0.717) is 11.3 Å². The van der Waals surface area contributed by atoms with Crippen molar-refractivity contribution < 1.29 is 9.59 Å². The number of anilines is 2. The molecule has 0 bridgehead atoms. The summed E-state index contributed by atoms with van der Waals surface area (Å²) in [6, 6.07) is 33.6. The Balaban J connectivity index is 1.46. The van der Waals surface area contributed by atoms with Gasteiger partial charge in [-0.15, -0.1) is 0 Å². The van der Waals surface area contributed by atoms with Gasteiger partial charge in [-0.3, -0.25) is 9.59 Å². The first-order valence-corrected chi connectivity index (χ1v) is 13.2. The van der Waals surface area contributed by atoms with E-state index in [1.54, 1.807) is 6.07 Å². The highest BCUT2D eigenvalue weighted by atomic mass is 16.2. The van der Waals surface area contributed by atoms with Gasteiger partial charge >= 0.3 is 0 Å². The molecular formula is C33H33N3O2. The monoisotopic (exact) mass is 503 g/mol. The Kier molecular flexibility index (Phi) is 7.55. The number of amides is 2. The highest BCUT2D eigenvalue weighted by Gasteiger charge is 2.25. The zero-order chi connectivity index (χ0) is 26.5. The maximum Gasteiger partial charge on any atom is 0.253 e. The van der Waals surface area contributed by atoms with Crippen molar-refractivity contribution in [1.82, 2.24) is 5.32 Å². The van der Waals surface area contributed by atoms with E-state index in [9.17, 15) is 9.59 Å². The van der Waals surface area contributed by atoms with Gasteiger partial charge in [0.25, 0.3) is 5.91 Å². The SMILES string of the molecule is CC(C)NC(=O)c1cc(NC(=O)C(c2ccccc2)c2ccccc2)ccc1N1CCc2ccccc2C1. The largest absolute Gasteiger partial charge is 0.366 e. The van der Waals surface area contributed by atoms with E-state index in [1.165, 1.54) is 11.1 Å². The molecule has 1 aliphatic rings. The molecular weight excluding hydrogens is 470 g/mol. The zero-order valence-electron chi connectivity index (χ0n) is 21.9. The van der Waals surface area contributed by atoms with Gasteiger partial charge in [0.1, 0.15) is 0 Å². The molecule has 0 atom stereocenters. The fourth-order valence-electron chi connectivity index (χ4n) is 5.11. The molecule has 2 N–H and O–H groups in total. The van der Waals surface area contributed by atoms with Gasteiger partial charge in [0.05, 0.1) is 11.5 Å². The van der Waals surface area contributed by atoms with Gasteiger partial charge in [0, 0.05) is 30.5 Å². The Morgan fingerprint density at radius 3 is 2.00 bits per heavy atom. The molecule has 192 valence electrons. The normalized spacial score (nSPS) is 12.8. The van der Waals surface area contributed by atoms with Gasteiger partial charge in [0.2, 0.25) is 5.91 Å². The van der Waals surface area contributed by atoms with Crippen LogP contribution < -0.4 is 15.5 Å². The summed E-state index contributed by atoms with van der Waals surface area (Å²) in [5.74, 6) is -0.756. The third kappa shape index (κ3) is 5.62. The van der Waals surface area contributed by atoms with E-state index in [-0.39, 0.29) is 17.9 Å². The van der Waals surface area contributed by atoms with Gasteiger partial charge < -0.3 is 15.5 Å². The van der Waals surface area contributed by atoms with E-state index < -0.39 is 5.92 Å². The minimum absolute atomic E-state index is 0.00350. The molecule has 0 spiro atoms. The number of carbonyl (C=O) groups is 2. The second-order valence-corrected chi connectivity index (χ2v) is 10.0. The van der Waals surface area contributed by atoms with E-state index in [4.69, 9.17) is 0 Å². The second kappa shape index (κ2) is 11.3. The zero-order valence-corrected chi connectivity index (χ0v) is 21.9. The minimum Gasteiger partial charge on any atom is -0.366 e. The minimum atomic E-state index is -0.469. The van der Waals surface area contributed by atoms with Crippen LogP contribution in [0.3, 0.4) is 0 Å². The van der Waals surface area contributed by atoms with Crippen LogP contribution in [0, 0.1) is 0 Å². The number of fused-ring (bicyclic) bond motifs is 1. The van der Waals surface area contributed by atoms with E-state index in [1.807, 2.05) is 86.6 Å². The third-order valence-electron chi connectivity index (χ3n) is 6.93. The van der Waals surface area contributed by atoms with Crippen molar-refractivity contribution in [2.75, 3.05) is 16.8 Å². The molecule has 2 amide bonds. The predicted octanol–water partition coefficient (Wildman–Crippen LogP) is 6.16. The van der Waals surface area contributed by atoms with Crippen LogP contribution in [0.2, 0.25) is 0 Å². The lowest BCUT2D eigenvalue weighted by Gasteiger charge is -2.32. The number of rotatable bonds is 7. The van der Waals surface area contributed by atoms with Crippen LogP contribution in [0.4, 0.5) is 11.4 Å². The number of benzene rings is 4. The molecule has 5 rings (SSSR count). The molecule has 0 unspecified atom stereocenters. The van der Waals surface area contributed by atoms with Crippen molar-refractivity contribution in [3.63, 3.8) is 0 Å². The molecule has 5 nitrogen and oxygen atoms in total. The number of hydrogen-bond acceptors (Lipinski definition) is 3. The molecule has 0 aromatic heterocycles. The Labute approximate surface area is 224 Å². The molecule has 0 saturated carbocycles. The van der Waals surface area contributed by atoms with Crippen molar-refractivity contribution in [2.45, 2.75) is 38.8 Å². The van der Waals surface area contributed by atoms with Gasteiger partial charge in [-0.1, -0.05) is 84.9 Å². The van der Waals surface area contributed by atoms with Crippen molar-refractivity contribution in [3.05, 3.63) is 131 Å². The molecule has 0 aliphatic carbocycles. The molecule has 0 saturated heterocycles. The standard InChI is InChI=1S/C33H33N3O2/c1-23(2)34-32(37)29-21-28(17-18-30(29)36-20-19-24-11-9-10-16-27(24)22-36)35-33(38)31(25-12-5-3-6-13-25)26-14-7-4-8-15-26/h3-18,21,23,31H,19-20,22H2,1-2H3,(H,34,37)(H,35,38).